The summed E-state index contributed by atoms with van der Waals surface area (Å²) in [6.45, 7) is 2.08. The Hall–Kier alpha value is -0.210. The first kappa shape index (κ1) is 9.87. The highest BCUT2D eigenvalue weighted by Crippen LogP contribution is 2.18. The molecule has 0 nitrogen and oxygen atoms in total. The van der Waals surface area contributed by atoms with Gasteiger partial charge in [-0.2, -0.15) is 11.8 Å². The lowest BCUT2D eigenvalue weighted by atomic mass is 10.2. The summed E-state index contributed by atoms with van der Waals surface area (Å²) < 4.78 is 12.9. The van der Waals surface area contributed by atoms with Gasteiger partial charge in [0.15, 0.2) is 0 Å². The van der Waals surface area contributed by atoms with E-state index in [1.165, 1.54) is 6.07 Å². The summed E-state index contributed by atoms with van der Waals surface area (Å²) in [6, 6.07) is 4.95. The average Bonchev–Trinajstić information content (AvgIpc) is 2.07. The molecule has 0 radical (unpaired) electrons. The van der Waals surface area contributed by atoms with Gasteiger partial charge in [0.2, 0.25) is 0 Å². The van der Waals surface area contributed by atoms with E-state index in [4.69, 9.17) is 11.6 Å². The second kappa shape index (κ2) is 4.73. The van der Waals surface area contributed by atoms with E-state index in [0.29, 0.717) is 0 Å². The van der Waals surface area contributed by atoms with E-state index in [1.54, 1.807) is 17.8 Å². The second-order valence-electron chi connectivity index (χ2n) is 2.39. The standard InChI is InChI=1S/C9H10ClFS/c1-2-12-6-7-3-4-8(10)9(11)5-7/h3-5H,2,6H2,1H3. The van der Waals surface area contributed by atoms with E-state index in [1.807, 2.05) is 6.07 Å². The normalized spacial score (nSPS) is 10.2. The predicted molar refractivity (Wildman–Crippen MR) is 53.2 cm³/mol. The molecule has 0 fully saturated rings. The maximum absolute atomic E-state index is 12.9. The molecule has 66 valence electrons. The monoisotopic (exact) mass is 204 g/mol. The molecule has 0 bridgehead atoms. The lowest BCUT2D eigenvalue weighted by Gasteiger charge is -2.00. The first-order valence-electron chi connectivity index (χ1n) is 3.75. The van der Waals surface area contributed by atoms with Gasteiger partial charge in [-0.25, -0.2) is 4.39 Å². The van der Waals surface area contributed by atoms with Crippen molar-refractivity contribution < 1.29 is 4.39 Å². The lowest BCUT2D eigenvalue weighted by Crippen LogP contribution is -1.84. The zero-order valence-corrected chi connectivity index (χ0v) is 8.38. The molecule has 0 N–H and O–H groups in total. The molecule has 1 rings (SSSR count). The Balaban J connectivity index is 2.69. The molecule has 0 saturated carbocycles. The summed E-state index contributed by atoms with van der Waals surface area (Å²) in [5.74, 6) is 1.57. The van der Waals surface area contributed by atoms with Crippen molar-refractivity contribution in [2.75, 3.05) is 5.75 Å². The van der Waals surface area contributed by atoms with Crippen molar-refractivity contribution in [1.82, 2.24) is 0 Å². The van der Waals surface area contributed by atoms with E-state index >= 15 is 0 Å². The van der Waals surface area contributed by atoms with Crippen LogP contribution < -0.4 is 0 Å². The number of halogens is 2. The summed E-state index contributed by atoms with van der Waals surface area (Å²) in [7, 11) is 0. The Morgan fingerprint density at radius 1 is 1.50 bits per heavy atom. The minimum atomic E-state index is -0.328. The van der Waals surface area contributed by atoms with Gasteiger partial charge in [-0.1, -0.05) is 24.6 Å². The molecule has 0 saturated heterocycles. The van der Waals surface area contributed by atoms with Crippen molar-refractivity contribution in [2.24, 2.45) is 0 Å². The number of benzene rings is 1. The van der Waals surface area contributed by atoms with E-state index in [0.717, 1.165) is 17.1 Å². The molecule has 1 aromatic carbocycles. The average molecular weight is 205 g/mol. The number of thioether (sulfide) groups is 1. The van der Waals surface area contributed by atoms with Gasteiger partial charge in [-0.05, 0) is 23.4 Å². The summed E-state index contributed by atoms with van der Waals surface area (Å²) in [4.78, 5) is 0. The van der Waals surface area contributed by atoms with E-state index < -0.39 is 0 Å². The van der Waals surface area contributed by atoms with Gasteiger partial charge in [-0.3, -0.25) is 0 Å². The Morgan fingerprint density at radius 2 is 2.25 bits per heavy atom. The fourth-order valence-corrected chi connectivity index (χ4v) is 1.59. The minimum absolute atomic E-state index is 0.195. The topological polar surface area (TPSA) is 0 Å². The molecular formula is C9H10ClFS. The van der Waals surface area contributed by atoms with Crippen LogP contribution in [-0.4, -0.2) is 5.75 Å². The Morgan fingerprint density at radius 3 is 2.83 bits per heavy atom. The first-order chi connectivity index (χ1) is 5.74. The highest BCUT2D eigenvalue weighted by Gasteiger charge is 1.99. The Bertz CT molecular complexity index is 263. The van der Waals surface area contributed by atoms with E-state index in [9.17, 15) is 4.39 Å². The largest absolute Gasteiger partial charge is 0.205 e. The number of hydrogen-bond donors (Lipinski definition) is 0. The first-order valence-corrected chi connectivity index (χ1v) is 5.29. The smallest absolute Gasteiger partial charge is 0.142 e. The van der Waals surface area contributed by atoms with Crippen molar-refractivity contribution in [3.8, 4) is 0 Å². The summed E-state index contributed by atoms with van der Waals surface area (Å²) in [6.07, 6.45) is 0. The quantitative estimate of drug-likeness (QED) is 0.723. The SMILES string of the molecule is CCSCc1ccc(Cl)c(F)c1. The molecule has 0 unspecified atom stereocenters. The summed E-state index contributed by atoms with van der Waals surface area (Å²) >= 11 is 7.30. The van der Waals surface area contributed by atoms with Gasteiger partial charge < -0.3 is 0 Å². The van der Waals surface area contributed by atoms with Crippen molar-refractivity contribution in [2.45, 2.75) is 12.7 Å². The van der Waals surface area contributed by atoms with Crippen LogP contribution in [0.15, 0.2) is 18.2 Å². The molecule has 0 aliphatic heterocycles. The third-order valence-electron chi connectivity index (χ3n) is 1.46. The van der Waals surface area contributed by atoms with Gasteiger partial charge in [0.1, 0.15) is 5.82 Å². The van der Waals surface area contributed by atoms with Gasteiger partial charge in [0, 0.05) is 5.75 Å². The molecule has 0 amide bonds. The third-order valence-corrected chi connectivity index (χ3v) is 2.71. The number of hydrogen-bond acceptors (Lipinski definition) is 1. The zero-order chi connectivity index (χ0) is 8.97. The van der Waals surface area contributed by atoms with Gasteiger partial charge in [-0.15, -0.1) is 0 Å². The van der Waals surface area contributed by atoms with Crippen LogP contribution in [0.1, 0.15) is 12.5 Å². The zero-order valence-electron chi connectivity index (χ0n) is 6.81. The molecule has 0 heterocycles. The molecular weight excluding hydrogens is 195 g/mol. The van der Waals surface area contributed by atoms with Crippen LogP contribution in [0.3, 0.4) is 0 Å². The fraction of sp³-hybridized carbons (Fsp3) is 0.333. The highest BCUT2D eigenvalue weighted by molar-refractivity contribution is 7.98. The Labute approximate surface area is 81.1 Å². The van der Waals surface area contributed by atoms with Gasteiger partial charge >= 0.3 is 0 Å². The third kappa shape index (κ3) is 2.68. The van der Waals surface area contributed by atoms with Gasteiger partial charge in [0.25, 0.3) is 0 Å². The lowest BCUT2D eigenvalue weighted by molar-refractivity contribution is 0.627. The molecule has 0 aliphatic rings. The second-order valence-corrected chi connectivity index (χ2v) is 4.07. The summed E-state index contributed by atoms with van der Waals surface area (Å²) in [5.41, 5.74) is 0.990. The predicted octanol–water partition coefficient (Wildman–Crippen LogP) is 3.73. The van der Waals surface area contributed by atoms with E-state index in [2.05, 4.69) is 6.92 Å². The Kier molecular flexibility index (Phi) is 3.89. The van der Waals surface area contributed by atoms with Crippen LogP contribution in [0.2, 0.25) is 5.02 Å². The molecule has 1 aromatic rings. The highest BCUT2D eigenvalue weighted by atomic mass is 35.5. The van der Waals surface area contributed by atoms with E-state index in [-0.39, 0.29) is 10.8 Å². The molecule has 12 heavy (non-hydrogen) atoms. The number of rotatable bonds is 3. The van der Waals surface area contributed by atoms with Crippen molar-refractivity contribution >= 4 is 23.4 Å². The van der Waals surface area contributed by atoms with Crippen LogP contribution in [0.4, 0.5) is 4.39 Å². The maximum atomic E-state index is 12.9. The minimum Gasteiger partial charge on any atom is -0.205 e. The maximum Gasteiger partial charge on any atom is 0.142 e. The van der Waals surface area contributed by atoms with Gasteiger partial charge in [0.05, 0.1) is 5.02 Å². The van der Waals surface area contributed by atoms with Crippen LogP contribution in [0, 0.1) is 5.82 Å². The van der Waals surface area contributed by atoms with Crippen LogP contribution in [0.5, 0.6) is 0 Å². The van der Waals surface area contributed by atoms with Crippen molar-refractivity contribution in [3.05, 3.63) is 34.6 Å². The molecule has 0 aliphatic carbocycles. The summed E-state index contributed by atoms with van der Waals surface area (Å²) in [5, 5.41) is 0.195. The molecule has 0 atom stereocenters. The molecule has 0 aromatic heterocycles. The van der Waals surface area contributed by atoms with Crippen molar-refractivity contribution in [1.29, 1.82) is 0 Å². The van der Waals surface area contributed by atoms with Crippen molar-refractivity contribution in [3.63, 3.8) is 0 Å². The van der Waals surface area contributed by atoms with Crippen LogP contribution in [-0.2, 0) is 5.75 Å². The molecule has 0 spiro atoms. The fourth-order valence-electron chi connectivity index (χ4n) is 0.849. The van der Waals surface area contributed by atoms with Crippen LogP contribution in [0.25, 0.3) is 0 Å². The van der Waals surface area contributed by atoms with Crippen LogP contribution >= 0.6 is 23.4 Å². The molecule has 3 heteroatoms.